The minimum atomic E-state index is 0.837. The number of para-hydroxylation sites is 3. The molecule has 0 N–H and O–H groups in total. The Morgan fingerprint density at radius 2 is 1.03 bits per heavy atom. The third kappa shape index (κ3) is 3.44. The minimum Gasteiger partial charge on any atom is -0.291 e. The van der Waals surface area contributed by atoms with Crippen LogP contribution in [0.3, 0.4) is 0 Å². The van der Waals surface area contributed by atoms with E-state index in [9.17, 15) is 0 Å². The molecule has 0 spiro atoms. The normalized spacial score (nSPS) is 11.6. The summed E-state index contributed by atoms with van der Waals surface area (Å²) in [7, 11) is 0. The van der Waals surface area contributed by atoms with Crippen LogP contribution in [-0.4, -0.2) is 14.5 Å². The van der Waals surface area contributed by atoms with Crippen molar-refractivity contribution in [2.75, 3.05) is 0 Å². The van der Waals surface area contributed by atoms with Gasteiger partial charge in [-0.3, -0.25) is 4.57 Å². The molecular formula is C36H23N3. The van der Waals surface area contributed by atoms with Gasteiger partial charge in [-0.05, 0) is 34.7 Å². The van der Waals surface area contributed by atoms with Gasteiger partial charge in [0.15, 0.2) is 5.82 Å². The lowest BCUT2D eigenvalue weighted by Gasteiger charge is -2.15. The van der Waals surface area contributed by atoms with E-state index in [4.69, 9.17) is 9.97 Å². The first-order valence-electron chi connectivity index (χ1n) is 13.2. The predicted molar refractivity (Wildman–Crippen MR) is 162 cm³/mol. The average molecular weight is 498 g/mol. The second kappa shape index (κ2) is 8.64. The zero-order valence-electron chi connectivity index (χ0n) is 21.1. The first-order valence-corrected chi connectivity index (χ1v) is 13.2. The second-order valence-electron chi connectivity index (χ2n) is 9.86. The van der Waals surface area contributed by atoms with E-state index in [2.05, 4.69) is 114 Å². The molecule has 0 saturated heterocycles. The second-order valence-corrected chi connectivity index (χ2v) is 9.86. The lowest BCUT2D eigenvalue weighted by Crippen LogP contribution is -2.04. The molecule has 39 heavy (non-hydrogen) atoms. The topological polar surface area (TPSA) is 30.7 Å². The van der Waals surface area contributed by atoms with Crippen LogP contribution in [-0.2, 0) is 0 Å². The van der Waals surface area contributed by atoms with Crippen LogP contribution in [0.25, 0.3) is 71.8 Å². The van der Waals surface area contributed by atoms with Gasteiger partial charge in [-0.15, -0.1) is 0 Å². The fourth-order valence-electron chi connectivity index (χ4n) is 5.74. The molecule has 0 bridgehead atoms. The number of nitrogens with zero attached hydrogens (tertiary/aromatic N) is 3. The van der Waals surface area contributed by atoms with Crippen LogP contribution < -0.4 is 0 Å². The van der Waals surface area contributed by atoms with Crippen LogP contribution in [0.5, 0.6) is 0 Å². The quantitative estimate of drug-likeness (QED) is 0.244. The van der Waals surface area contributed by atoms with Crippen molar-refractivity contribution in [1.29, 1.82) is 0 Å². The van der Waals surface area contributed by atoms with Gasteiger partial charge in [-0.2, -0.15) is 0 Å². The van der Waals surface area contributed by atoms with Crippen LogP contribution >= 0.6 is 0 Å². The summed E-state index contributed by atoms with van der Waals surface area (Å²) < 4.78 is 2.31. The van der Waals surface area contributed by atoms with Crippen LogP contribution in [0, 0.1) is 0 Å². The SMILES string of the molecule is c1ccc(-c2ccc(-c3nc4ccccc4nc3-n3c4ccccc4c4ccc5ccccc5c43)cc2)cc1. The van der Waals surface area contributed by atoms with Crippen LogP contribution in [0.2, 0.25) is 0 Å². The van der Waals surface area contributed by atoms with Gasteiger partial charge >= 0.3 is 0 Å². The molecule has 2 heterocycles. The van der Waals surface area contributed by atoms with Crippen molar-refractivity contribution in [3.8, 4) is 28.2 Å². The summed E-state index contributed by atoms with van der Waals surface area (Å²) >= 11 is 0. The molecule has 6 aromatic carbocycles. The highest BCUT2D eigenvalue weighted by Gasteiger charge is 2.20. The third-order valence-corrected chi connectivity index (χ3v) is 7.59. The maximum absolute atomic E-state index is 5.28. The lowest BCUT2D eigenvalue weighted by molar-refractivity contribution is 1.08. The number of benzene rings is 6. The fourth-order valence-corrected chi connectivity index (χ4v) is 5.74. The highest BCUT2D eigenvalue weighted by Crippen LogP contribution is 2.39. The van der Waals surface area contributed by atoms with Crippen LogP contribution in [0.4, 0.5) is 0 Å². The first kappa shape index (κ1) is 21.8. The summed E-state index contributed by atoms with van der Waals surface area (Å²) in [6.45, 7) is 0. The Kier molecular flexibility index (Phi) is 4.82. The van der Waals surface area contributed by atoms with E-state index in [-0.39, 0.29) is 0 Å². The largest absolute Gasteiger partial charge is 0.291 e. The molecule has 3 nitrogen and oxygen atoms in total. The molecule has 182 valence electrons. The molecule has 0 atom stereocenters. The van der Waals surface area contributed by atoms with Gasteiger partial charge < -0.3 is 0 Å². The Morgan fingerprint density at radius 3 is 1.85 bits per heavy atom. The van der Waals surface area contributed by atoms with E-state index in [1.165, 1.54) is 32.7 Å². The van der Waals surface area contributed by atoms with Crippen molar-refractivity contribution in [2.24, 2.45) is 0 Å². The monoisotopic (exact) mass is 497 g/mol. The zero-order chi connectivity index (χ0) is 25.8. The Hall–Kier alpha value is -5.28. The van der Waals surface area contributed by atoms with E-state index >= 15 is 0 Å². The maximum atomic E-state index is 5.28. The summed E-state index contributed by atoms with van der Waals surface area (Å²) in [6.07, 6.45) is 0. The molecule has 0 amide bonds. The molecular weight excluding hydrogens is 474 g/mol. The predicted octanol–water partition coefficient (Wildman–Crippen LogP) is 9.21. The van der Waals surface area contributed by atoms with Crippen molar-refractivity contribution in [3.05, 3.63) is 140 Å². The van der Waals surface area contributed by atoms with Gasteiger partial charge in [0, 0.05) is 21.7 Å². The Bertz CT molecular complexity index is 2160. The Balaban J connectivity index is 1.47. The molecule has 0 aliphatic carbocycles. The third-order valence-electron chi connectivity index (χ3n) is 7.59. The summed E-state index contributed by atoms with van der Waals surface area (Å²) in [4.78, 5) is 10.5. The van der Waals surface area contributed by atoms with E-state index in [0.717, 1.165) is 39.1 Å². The summed E-state index contributed by atoms with van der Waals surface area (Å²) in [6, 6.07) is 48.9. The standard InChI is InChI=1S/C36H23N3/c1-2-10-24(11-3-1)25-18-20-27(21-19-25)34-36(38-32-16-8-7-15-31(32)37-34)39-33-17-9-6-14-29(33)30-23-22-26-12-4-5-13-28(26)35(30)39/h1-23H. The molecule has 8 rings (SSSR count). The lowest BCUT2D eigenvalue weighted by atomic mass is 10.0. The van der Waals surface area contributed by atoms with E-state index in [1.807, 2.05) is 30.3 Å². The van der Waals surface area contributed by atoms with Crippen molar-refractivity contribution in [3.63, 3.8) is 0 Å². The Labute approximate surface area is 225 Å². The van der Waals surface area contributed by atoms with Gasteiger partial charge in [0.1, 0.15) is 5.69 Å². The summed E-state index contributed by atoms with van der Waals surface area (Å²) in [5.74, 6) is 0.837. The smallest absolute Gasteiger partial charge is 0.165 e. The molecule has 0 radical (unpaired) electrons. The van der Waals surface area contributed by atoms with Crippen molar-refractivity contribution >= 4 is 43.6 Å². The number of fused-ring (bicyclic) bond motifs is 6. The van der Waals surface area contributed by atoms with Crippen LogP contribution in [0.15, 0.2) is 140 Å². The van der Waals surface area contributed by atoms with Gasteiger partial charge in [-0.25, -0.2) is 9.97 Å². The fraction of sp³-hybridized carbons (Fsp3) is 0. The van der Waals surface area contributed by atoms with Gasteiger partial charge in [-0.1, -0.05) is 121 Å². The molecule has 0 fully saturated rings. The molecule has 0 unspecified atom stereocenters. The summed E-state index contributed by atoms with van der Waals surface area (Å²) in [5.41, 5.74) is 8.31. The van der Waals surface area contributed by atoms with E-state index < -0.39 is 0 Å². The first-order chi connectivity index (χ1) is 19.3. The highest BCUT2D eigenvalue weighted by atomic mass is 15.1. The zero-order valence-corrected chi connectivity index (χ0v) is 21.1. The van der Waals surface area contributed by atoms with Gasteiger partial charge in [0.25, 0.3) is 0 Å². The van der Waals surface area contributed by atoms with Gasteiger partial charge in [0.2, 0.25) is 0 Å². The van der Waals surface area contributed by atoms with E-state index in [0.29, 0.717) is 0 Å². The minimum absolute atomic E-state index is 0.837. The Morgan fingerprint density at radius 1 is 0.410 bits per heavy atom. The van der Waals surface area contributed by atoms with Crippen LogP contribution in [0.1, 0.15) is 0 Å². The molecule has 3 heteroatoms. The average Bonchev–Trinajstić information content (AvgIpc) is 3.36. The van der Waals surface area contributed by atoms with Crippen molar-refractivity contribution < 1.29 is 0 Å². The number of hydrogen-bond acceptors (Lipinski definition) is 2. The molecule has 0 aliphatic heterocycles. The number of rotatable bonds is 3. The molecule has 0 saturated carbocycles. The molecule has 2 aromatic heterocycles. The van der Waals surface area contributed by atoms with Crippen molar-refractivity contribution in [1.82, 2.24) is 14.5 Å². The highest BCUT2D eigenvalue weighted by molar-refractivity contribution is 6.18. The van der Waals surface area contributed by atoms with Gasteiger partial charge in [0.05, 0.1) is 22.1 Å². The van der Waals surface area contributed by atoms with Crippen molar-refractivity contribution in [2.45, 2.75) is 0 Å². The molecule has 0 aliphatic rings. The molecule has 8 aromatic rings. The van der Waals surface area contributed by atoms with E-state index in [1.54, 1.807) is 0 Å². The summed E-state index contributed by atoms with van der Waals surface area (Å²) in [5, 5.41) is 4.83. The number of aromatic nitrogens is 3. The maximum Gasteiger partial charge on any atom is 0.165 e. The number of hydrogen-bond donors (Lipinski definition) is 0.